The molecule has 0 radical (unpaired) electrons. The van der Waals surface area contributed by atoms with Crippen LogP contribution in [0.4, 0.5) is 0 Å². The summed E-state index contributed by atoms with van der Waals surface area (Å²) in [6.45, 7) is 13.6. The molecule has 0 spiro atoms. The molecular weight excluding hydrogens is 146 g/mol. The van der Waals surface area contributed by atoms with Crippen molar-refractivity contribution in [3.8, 4) is 0 Å². The molecule has 0 rings (SSSR count). The average Bonchev–Trinajstić information content (AvgIpc) is 1.86. The van der Waals surface area contributed by atoms with Gasteiger partial charge in [-0.25, -0.2) is 0 Å². The molecule has 0 aliphatic heterocycles. The van der Waals surface area contributed by atoms with Crippen LogP contribution < -0.4 is 5.73 Å². The van der Waals surface area contributed by atoms with Crippen LogP contribution in [0.3, 0.4) is 0 Å². The smallest absolute Gasteiger partial charge is 0.00414 e. The SMILES string of the molecule is CC[C@@H](C(C)N)C(C)C(C)(C)C. The predicted octanol–water partition coefficient (Wildman–Crippen LogP) is 3.04. The second-order valence-electron chi connectivity index (χ2n) is 5.09. The van der Waals surface area contributed by atoms with Gasteiger partial charge in [0, 0.05) is 6.04 Å². The van der Waals surface area contributed by atoms with E-state index in [1.165, 1.54) is 6.42 Å². The van der Waals surface area contributed by atoms with Crippen molar-refractivity contribution in [3.05, 3.63) is 0 Å². The summed E-state index contributed by atoms with van der Waals surface area (Å²) in [6.07, 6.45) is 1.19. The maximum Gasteiger partial charge on any atom is 0.00414 e. The molecule has 3 atom stereocenters. The van der Waals surface area contributed by atoms with Crippen molar-refractivity contribution in [3.63, 3.8) is 0 Å². The van der Waals surface area contributed by atoms with E-state index in [9.17, 15) is 0 Å². The summed E-state index contributed by atoms with van der Waals surface area (Å²) < 4.78 is 0. The Morgan fingerprint density at radius 2 is 1.58 bits per heavy atom. The molecule has 12 heavy (non-hydrogen) atoms. The molecule has 0 saturated carbocycles. The van der Waals surface area contributed by atoms with Gasteiger partial charge in [-0.15, -0.1) is 0 Å². The van der Waals surface area contributed by atoms with Gasteiger partial charge in [0.05, 0.1) is 0 Å². The topological polar surface area (TPSA) is 26.0 Å². The quantitative estimate of drug-likeness (QED) is 0.694. The summed E-state index contributed by atoms with van der Waals surface area (Å²) >= 11 is 0. The predicted molar refractivity (Wildman–Crippen MR) is 56.0 cm³/mol. The Balaban J connectivity index is 4.32. The van der Waals surface area contributed by atoms with Crippen LogP contribution in [0.5, 0.6) is 0 Å². The van der Waals surface area contributed by atoms with Gasteiger partial charge in [0.1, 0.15) is 0 Å². The maximum absolute atomic E-state index is 5.94. The number of rotatable bonds is 3. The van der Waals surface area contributed by atoms with Crippen molar-refractivity contribution in [2.75, 3.05) is 0 Å². The lowest BCUT2D eigenvalue weighted by Gasteiger charge is -2.36. The fraction of sp³-hybridized carbons (Fsp3) is 1.00. The van der Waals surface area contributed by atoms with E-state index >= 15 is 0 Å². The molecule has 0 bridgehead atoms. The second kappa shape index (κ2) is 4.27. The summed E-state index contributed by atoms with van der Waals surface area (Å²) in [4.78, 5) is 0. The zero-order valence-corrected chi connectivity index (χ0v) is 9.52. The largest absolute Gasteiger partial charge is 0.328 e. The molecule has 0 fully saturated rings. The van der Waals surface area contributed by atoms with Crippen LogP contribution in [0, 0.1) is 17.3 Å². The first kappa shape index (κ1) is 12.0. The maximum atomic E-state index is 5.94. The van der Waals surface area contributed by atoms with E-state index in [4.69, 9.17) is 5.73 Å². The minimum Gasteiger partial charge on any atom is -0.328 e. The Bertz CT molecular complexity index is 121. The Labute approximate surface area is 77.7 Å². The van der Waals surface area contributed by atoms with E-state index in [1.807, 2.05) is 0 Å². The van der Waals surface area contributed by atoms with E-state index in [1.54, 1.807) is 0 Å². The molecule has 0 heterocycles. The summed E-state index contributed by atoms with van der Waals surface area (Å²) in [6, 6.07) is 0.323. The van der Waals surface area contributed by atoms with E-state index in [-0.39, 0.29) is 0 Å². The van der Waals surface area contributed by atoms with Crippen LogP contribution >= 0.6 is 0 Å². The molecule has 2 unspecified atom stereocenters. The van der Waals surface area contributed by atoms with Crippen LogP contribution in [0.1, 0.15) is 48.0 Å². The molecule has 0 aromatic heterocycles. The van der Waals surface area contributed by atoms with Crippen molar-refractivity contribution in [2.24, 2.45) is 23.0 Å². The lowest BCUT2D eigenvalue weighted by atomic mass is 9.71. The third-order valence-corrected chi connectivity index (χ3v) is 3.16. The van der Waals surface area contributed by atoms with Gasteiger partial charge < -0.3 is 5.73 Å². The van der Waals surface area contributed by atoms with E-state index in [2.05, 4.69) is 41.5 Å². The number of hydrogen-bond acceptors (Lipinski definition) is 1. The van der Waals surface area contributed by atoms with Crippen molar-refractivity contribution < 1.29 is 0 Å². The Kier molecular flexibility index (Phi) is 4.25. The third kappa shape index (κ3) is 3.14. The van der Waals surface area contributed by atoms with Crippen LogP contribution in [0.2, 0.25) is 0 Å². The normalized spacial score (nSPS) is 20.2. The molecule has 2 N–H and O–H groups in total. The fourth-order valence-electron chi connectivity index (χ4n) is 1.82. The van der Waals surface area contributed by atoms with E-state index in [0.717, 1.165) is 0 Å². The Morgan fingerprint density at radius 1 is 1.17 bits per heavy atom. The molecule has 1 heteroatoms. The van der Waals surface area contributed by atoms with Gasteiger partial charge in [-0.05, 0) is 24.2 Å². The summed E-state index contributed by atoms with van der Waals surface area (Å²) in [5, 5.41) is 0. The van der Waals surface area contributed by atoms with Crippen molar-refractivity contribution in [2.45, 2.75) is 54.0 Å². The third-order valence-electron chi connectivity index (χ3n) is 3.16. The van der Waals surface area contributed by atoms with Crippen molar-refractivity contribution in [1.29, 1.82) is 0 Å². The lowest BCUT2D eigenvalue weighted by Crippen LogP contribution is -2.36. The van der Waals surface area contributed by atoms with Gasteiger partial charge in [-0.1, -0.05) is 41.0 Å². The molecule has 1 nitrogen and oxygen atoms in total. The number of nitrogens with two attached hydrogens (primary N) is 1. The molecule has 0 aliphatic rings. The minimum absolute atomic E-state index is 0.323. The number of hydrogen-bond donors (Lipinski definition) is 1. The van der Waals surface area contributed by atoms with Crippen LogP contribution in [-0.2, 0) is 0 Å². The second-order valence-corrected chi connectivity index (χ2v) is 5.09. The van der Waals surface area contributed by atoms with Crippen LogP contribution in [0.25, 0.3) is 0 Å². The summed E-state index contributed by atoms with van der Waals surface area (Å²) in [5.41, 5.74) is 6.33. The summed E-state index contributed by atoms with van der Waals surface area (Å²) in [7, 11) is 0. The van der Waals surface area contributed by atoms with Gasteiger partial charge >= 0.3 is 0 Å². The first-order valence-corrected chi connectivity index (χ1v) is 5.06. The first-order valence-electron chi connectivity index (χ1n) is 5.06. The van der Waals surface area contributed by atoms with Crippen molar-refractivity contribution >= 4 is 0 Å². The molecule has 0 aliphatic carbocycles. The van der Waals surface area contributed by atoms with Gasteiger partial charge in [-0.3, -0.25) is 0 Å². The highest BCUT2D eigenvalue weighted by Crippen LogP contribution is 2.34. The molecule has 74 valence electrons. The monoisotopic (exact) mass is 171 g/mol. The average molecular weight is 171 g/mol. The van der Waals surface area contributed by atoms with Gasteiger partial charge in [0.15, 0.2) is 0 Å². The van der Waals surface area contributed by atoms with Crippen molar-refractivity contribution in [1.82, 2.24) is 0 Å². The minimum atomic E-state index is 0.323. The zero-order chi connectivity index (χ0) is 9.94. The molecule has 0 aromatic rings. The molecular formula is C11H25N. The highest BCUT2D eigenvalue weighted by molar-refractivity contribution is 4.80. The molecule has 0 saturated heterocycles. The van der Waals surface area contributed by atoms with Gasteiger partial charge in [0.2, 0.25) is 0 Å². The van der Waals surface area contributed by atoms with Crippen LogP contribution in [-0.4, -0.2) is 6.04 Å². The zero-order valence-electron chi connectivity index (χ0n) is 9.52. The lowest BCUT2D eigenvalue weighted by molar-refractivity contribution is 0.154. The highest BCUT2D eigenvalue weighted by Gasteiger charge is 2.28. The molecule has 0 aromatic carbocycles. The van der Waals surface area contributed by atoms with E-state index < -0.39 is 0 Å². The van der Waals surface area contributed by atoms with Crippen LogP contribution in [0.15, 0.2) is 0 Å². The Hall–Kier alpha value is -0.0400. The molecule has 0 amide bonds. The van der Waals surface area contributed by atoms with Gasteiger partial charge in [-0.2, -0.15) is 0 Å². The summed E-state index contributed by atoms with van der Waals surface area (Å²) in [5.74, 6) is 1.35. The highest BCUT2D eigenvalue weighted by atomic mass is 14.6. The van der Waals surface area contributed by atoms with E-state index in [0.29, 0.717) is 23.3 Å². The van der Waals surface area contributed by atoms with Gasteiger partial charge in [0.25, 0.3) is 0 Å². The Morgan fingerprint density at radius 3 is 1.67 bits per heavy atom. The fourth-order valence-corrected chi connectivity index (χ4v) is 1.82. The first-order chi connectivity index (χ1) is 5.30. The standard InChI is InChI=1S/C11H25N/c1-7-10(9(3)12)8(2)11(4,5)6/h8-10H,7,12H2,1-6H3/t8?,9?,10-/m1/s1.